The average molecular weight is 444 g/mol. The van der Waals surface area contributed by atoms with Crippen molar-refractivity contribution in [1.82, 2.24) is 4.90 Å². The monoisotopic (exact) mass is 443 g/mol. The number of hydrogen-bond donors (Lipinski definition) is 0. The lowest BCUT2D eigenvalue weighted by Crippen LogP contribution is -2.25. The van der Waals surface area contributed by atoms with E-state index in [0.717, 1.165) is 5.56 Å². The molecule has 28 heavy (non-hydrogen) atoms. The number of aldehydes is 1. The fourth-order valence-electron chi connectivity index (χ4n) is 3.41. The number of carbonyl (C=O) groups excluding carboxylic acids is 1. The summed E-state index contributed by atoms with van der Waals surface area (Å²) < 4.78 is 42.9. The predicted molar refractivity (Wildman–Crippen MR) is 105 cm³/mol. The van der Waals surface area contributed by atoms with Gasteiger partial charge in [-0.05, 0) is 54.1 Å². The number of hydrogen-bond acceptors (Lipinski definition) is 2. The Bertz CT molecular complexity index is 1060. The Kier molecular flexibility index (Phi) is 4.81. The molecule has 0 fully saturated rings. The highest BCUT2D eigenvalue weighted by molar-refractivity contribution is 9.10. The molecule has 0 amide bonds. The molecular weight excluding hydrogens is 431 g/mol. The number of benzene rings is 2. The zero-order valence-electron chi connectivity index (χ0n) is 14.4. The Morgan fingerprint density at radius 1 is 1.04 bits per heavy atom. The van der Waals surface area contributed by atoms with Crippen LogP contribution in [0.3, 0.4) is 0 Å². The van der Waals surface area contributed by atoms with Crippen LogP contribution in [-0.4, -0.2) is 11.2 Å². The molecule has 0 radical (unpaired) electrons. The number of carbonyl (C=O) groups is 1. The summed E-state index contributed by atoms with van der Waals surface area (Å²) in [7, 11) is 0. The first kappa shape index (κ1) is 18.5. The molecule has 0 bridgehead atoms. The molecule has 0 aromatic heterocycles. The van der Waals surface area contributed by atoms with Crippen LogP contribution in [0.25, 0.3) is 11.3 Å². The maximum Gasteiger partial charge on any atom is 0.134 e. The van der Waals surface area contributed by atoms with Crippen LogP contribution in [0, 0.1) is 23.4 Å². The Morgan fingerprint density at radius 2 is 1.71 bits per heavy atom. The van der Waals surface area contributed by atoms with Gasteiger partial charge in [0.05, 0.1) is 22.9 Å². The van der Waals surface area contributed by atoms with Crippen molar-refractivity contribution in [1.29, 1.82) is 0 Å². The van der Waals surface area contributed by atoms with Crippen LogP contribution in [-0.2, 0) is 4.79 Å². The molecule has 0 N–H and O–H groups in total. The molecule has 2 aromatic carbocycles. The van der Waals surface area contributed by atoms with Gasteiger partial charge < -0.3 is 9.69 Å². The van der Waals surface area contributed by atoms with E-state index < -0.39 is 17.6 Å². The van der Waals surface area contributed by atoms with Crippen molar-refractivity contribution in [3.63, 3.8) is 0 Å². The van der Waals surface area contributed by atoms with Crippen LogP contribution >= 0.6 is 15.9 Å². The van der Waals surface area contributed by atoms with Crippen LogP contribution in [0.1, 0.15) is 11.1 Å². The van der Waals surface area contributed by atoms with E-state index in [4.69, 9.17) is 0 Å². The first-order valence-corrected chi connectivity index (χ1v) is 9.25. The van der Waals surface area contributed by atoms with E-state index in [9.17, 15) is 18.0 Å². The summed E-state index contributed by atoms with van der Waals surface area (Å²) in [6.07, 6.45) is 9.17. The SMILES string of the molecule is O=CC1C=CN2C(c3ccc(F)cc3)=CC=CC2=C1c1c(F)cc(Br)cc1F. The lowest BCUT2D eigenvalue weighted by molar-refractivity contribution is -0.108. The second kappa shape index (κ2) is 7.28. The minimum absolute atomic E-state index is 0.240. The van der Waals surface area contributed by atoms with Crippen LogP contribution in [0.4, 0.5) is 13.2 Å². The first-order valence-electron chi connectivity index (χ1n) is 8.46. The molecular formula is C22H13BrF3NO. The van der Waals surface area contributed by atoms with Crippen LogP contribution in [0.2, 0.25) is 0 Å². The van der Waals surface area contributed by atoms with Gasteiger partial charge in [-0.15, -0.1) is 0 Å². The largest absolute Gasteiger partial charge is 0.317 e. The molecule has 0 saturated carbocycles. The van der Waals surface area contributed by atoms with E-state index in [1.54, 1.807) is 41.5 Å². The molecule has 2 aliphatic rings. The molecule has 2 aliphatic heterocycles. The van der Waals surface area contributed by atoms with E-state index in [2.05, 4.69) is 15.9 Å². The second-order valence-electron chi connectivity index (χ2n) is 6.33. The lowest BCUT2D eigenvalue weighted by Gasteiger charge is -2.34. The van der Waals surface area contributed by atoms with Gasteiger partial charge in [-0.1, -0.05) is 28.1 Å². The van der Waals surface area contributed by atoms with Crippen molar-refractivity contribution in [3.8, 4) is 0 Å². The molecule has 0 aliphatic carbocycles. The smallest absolute Gasteiger partial charge is 0.134 e. The van der Waals surface area contributed by atoms with Gasteiger partial charge >= 0.3 is 0 Å². The molecule has 0 saturated heterocycles. The molecule has 1 atom stereocenters. The van der Waals surface area contributed by atoms with Gasteiger partial charge in [0.15, 0.2) is 0 Å². The summed E-state index contributed by atoms with van der Waals surface area (Å²) in [4.78, 5) is 13.4. The Balaban J connectivity index is 1.90. The van der Waals surface area contributed by atoms with Crippen molar-refractivity contribution in [2.45, 2.75) is 0 Å². The molecule has 140 valence electrons. The summed E-state index contributed by atoms with van der Waals surface area (Å²) >= 11 is 3.07. The third kappa shape index (κ3) is 3.14. The quantitative estimate of drug-likeness (QED) is 0.556. The Hall–Kier alpha value is -2.86. The summed E-state index contributed by atoms with van der Waals surface area (Å²) in [6, 6.07) is 8.26. The standard InChI is InChI=1S/C22H13BrF3NO/c23-15-10-17(25)22(18(26)11-15)21-14(12-28)8-9-27-19(2-1-3-20(21)27)13-4-6-16(24)7-5-13/h1-12,14H. The number of fused-ring (bicyclic) bond motifs is 1. The summed E-state index contributed by atoms with van der Waals surface area (Å²) in [5.41, 5.74) is 1.92. The first-order chi connectivity index (χ1) is 13.5. The predicted octanol–water partition coefficient (Wildman–Crippen LogP) is 5.83. The molecule has 2 aromatic rings. The molecule has 4 rings (SSSR count). The van der Waals surface area contributed by atoms with Gasteiger partial charge in [0.1, 0.15) is 23.7 Å². The van der Waals surface area contributed by atoms with E-state index in [0.29, 0.717) is 17.7 Å². The zero-order chi connectivity index (χ0) is 19.8. The molecule has 2 heterocycles. The zero-order valence-corrected chi connectivity index (χ0v) is 16.0. The molecule has 6 heteroatoms. The van der Waals surface area contributed by atoms with Crippen LogP contribution in [0.15, 0.2) is 77.1 Å². The summed E-state index contributed by atoms with van der Waals surface area (Å²) in [5, 5.41) is 0. The second-order valence-corrected chi connectivity index (χ2v) is 7.25. The third-order valence-electron chi connectivity index (χ3n) is 4.64. The van der Waals surface area contributed by atoms with Gasteiger partial charge in [-0.25, -0.2) is 13.2 Å². The Morgan fingerprint density at radius 3 is 2.36 bits per heavy atom. The van der Waals surface area contributed by atoms with Gasteiger partial charge in [-0.2, -0.15) is 0 Å². The summed E-state index contributed by atoms with van der Waals surface area (Å²) in [6.45, 7) is 0. The van der Waals surface area contributed by atoms with Crippen LogP contribution in [0.5, 0.6) is 0 Å². The van der Waals surface area contributed by atoms with E-state index in [1.165, 1.54) is 24.3 Å². The van der Waals surface area contributed by atoms with Crippen molar-refractivity contribution in [3.05, 3.63) is 106 Å². The third-order valence-corrected chi connectivity index (χ3v) is 5.10. The molecule has 2 nitrogen and oxygen atoms in total. The lowest BCUT2D eigenvalue weighted by atomic mass is 9.87. The minimum atomic E-state index is -0.798. The van der Waals surface area contributed by atoms with Gasteiger partial charge in [0.2, 0.25) is 0 Å². The average Bonchev–Trinajstić information content (AvgIpc) is 2.67. The Labute approximate surface area is 168 Å². The fraction of sp³-hybridized carbons (Fsp3) is 0.0455. The summed E-state index contributed by atoms with van der Waals surface area (Å²) in [5.74, 6) is -2.68. The fourth-order valence-corrected chi connectivity index (χ4v) is 3.81. The normalized spacial score (nSPS) is 18.2. The number of allylic oxidation sites excluding steroid dienone is 5. The van der Waals surface area contributed by atoms with Gasteiger partial charge in [0.25, 0.3) is 0 Å². The van der Waals surface area contributed by atoms with Gasteiger partial charge in [0, 0.05) is 16.2 Å². The molecule has 0 spiro atoms. The topological polar surface area (TPSA) is 20.3 Å². The van der Waals surface area contributed by atoms with E-state index in [1.807, 2.05) is 6.08 Å². The number of halogens is 4. The van der Waals surface area contributed by atoms with E-state index >= 15 is 0 Å². The highest BCUT2D eigenvalue weighted by Crippen LogP contribution is 2.41. The van der Waals surface area contributed by atoms with Crippen molar-refractivity contribution in [2.24, 2.45) is 5.92 Å². The van der Waals surface area contributed by atoms with Crippen molar-refractivity contribution < 1.29 is 18.0 Å². The maximum atomic E-state index is 14.7. The van der Waals surface area contributed by atoms with E-state index in [-0.39, 0.29) is 21.4 Å². The molecule has 1 unspecified atom stereocenters. The number of rotatable bonds is 3. The minimum Gasteiger partial charge on any atom is -0.317 e. The van der Waals surface area contributed by atoms with Crippen molar-refractivity contribution in [2.75, 3.05) is 0 Å². The van der Waals surface area contributed by atoms with Crippen LogP contribution < -0.4 is 0 Å². The highest BCUT2D eigenvalue weighted by Gasteiger charge is 2.30. The maximum absolute atomic E-state index is 14.7. The highest BCUT2D eigenvalue weighted by atomic mass is 79.9. The number of nitrogens with zero attached hydrogens (tertiary/aromatic N) is 1. The van der Waals surface area contributed by atoms with Gasteiger partial charge in [-0.3, -0.25) is 0 Å². The van der Waals surface area contributed by atoms with Crippen molar-refractivity contribution >= 4 is 33.5 Å².